The van der Waals surface area contributed by atoms with Crippen LogP contribution in [0.15, 0.2) is 40.9 Å². The van der Waals surface area contributed by atoms with Crippen molar-refractivity contribution >= 4 is 18.3 Å². The molecule has 0 radical (unpaired) electrons. The highest BCUT2D eigenvalue weighted by molar-refractivity contribution is 5.93. The summed E-state index contributed by atoms with van der Waals surface area (Å²) >= 11 is 0. The van der Waals surface area contributed by atoms with Crippen molar-refractivity contribution in [1.82, 2.24) is 15.8 Å². The zero-order chi connectivity index (χ0) is 14.9. The maximum atomic E-state index is 11.9. The fourth-order valence-electron chi connectivity index (χ4n) is 1.77. The van der Waals surface area contributed by atoms with E-state index in [4.69, 9.17) is 9.26 Å². The second-order valence-corrected chi connectivity index (χ2v) is 4.44. The Morgan fingerprint density at radius 3 is 2.73 bits per heavy atom. The van der Waals surface area contributed by atoms with E-state index in [1.165, 1.54) is 0 Å². The molecule has 0 aliphatic heterocycles. The molecule has 0 saturated heterocycles. The van der Waals surface area contributed by atoms with E-state index in [9.17, 15) is 4.79 Å². The van der Waals surface area contributed by atoms with Crippen molar-refractivity contribution in [3.63, 3.8) is 0 Å². The van der Waals surface area contributed by atoms with Crippen molar-refractivity contribution in [2.24, 2.45) is 0 Å². The molecule has 7 heteroatoms. The maximum Gasteiger partial charge on any atom is 0.273 e. The van der Waals surface area contributed by atoms with Gasteiger partial charge in [-0.3, -0.25) is 4.79 Å². The molecule has 2 N–H and O–H groups in total. The van der Waals surface area contributed by atoms with E-state index >= 15 is 0 Å². The summed E-state index contributed by atoms with van der Waals surface area (Å²) in [5.41, 5.74) is 1.18. The molecule has 1 amide bonds. The molecule has 0 aliphatic rings. The Kier molecular flexibility index (Phi) is 8.21. The Balaban J connectivity index is 0.00000242. The van der Waals surface area contributed by atoms with Crippen molar-refractivity contribution in [2.45, 2.75) is 0 Å². The van der Waals surface area contributed by atoms with Gasteiger partial charge < -0.3 is 19.9 Å². The number of benzene rings is 1. The van der Waals surface area contributed by atoms with Gasteiger partial charge in [0.1, 0.15) is 0 Å². The fourth-order valence-corrected chi connectivity index (χ4v) is 1.77. The Morgan fingerprint density at radius 1 is 1.23 bits per heavy atom. The van der Waals surface area contributed by atoms with Gasteiger partial charge in [0, 0.05) is 38.4 Å². The van der Waals surface area contributed by atoms with Crippen molar-refractivity contribution in [2.75, 3.05) is 33.4 Å². The van der Waals surface area contributed by atoms with Gasteiger partial charge in [0.2, 0.25) is 0 Å². The molecule has 22 heavy (non-hydrogen) atoms. The molecule has 2 rings (SSSR count). The molecule has 6 nitrogen and oxygen atoms in total. The van der Waals surface area contributed by atoms with Gasteiger partial charge >= 0.3 is 0 Å². The van der Waals surface area contributed by atoms with E-state index in [1.807, 2.05) is 30.3 Å². The van der Waals surface area contributed by atoms with Gasteiger partial charge in [-0.1, -0.05) is 35.5 Å². The smallest absolute Gasteiger partial charge is 0.273 e. The lowest BCUT2D eigenvalue weighted by atomic mass is 10.1. The van der Waals surface area contributed by atoms with Crippen molar-refractivity contribution < 1.29 is 14.1 Å². The summed E-state index contributed by atoms with van der Waals surface area (Å²) < 4.78 is 10.1. The molecule has 1 heterocycles. The molecule has 0 saturated carbocycles. The second-order valence-electron chi connectivity index (χ2n) is 4.44. The van der Waals surface area contributed by atoms with Crippen molar-refractivity contribution in [1.29, 1.82) is 0 Å². The van der Waals surface area contributed by atoms with Gasteiger partial charge in [0.05, 0.1) is 6.61 Å². The standard InChI is InChI=1S/C15H19N3O3.ClH/c1-20-10-9-16-7-8-17-15(19)13-11-14(21-18-13)12-5-3-2-4-6-12;/h2-6,11,16H,7-10H2,1H3,(H,17,19);1H. The van der Waals surface area contributed by atoms with Crippen LogP contribution in [0.1, 0.15) is 10.5 Å². The van der Waals surface area contributed by atoms with Crippen LogP contribution in [0.25, 0.3) is 11.3 Å². The third-order valence-corrected chi connectivity index (χ3v) is 2.87. The summed E-state index contributed by atoms with van der Waals surface area (Å²) in [6.45, 7) is 2.61. The van der Waals surface area contributed by atoms with Crippen LogP contribution in [0.5, 0.6) is 0 Å². The third-order valence-electron chi connectivity index (χ3n) is 2.87. The summed E-state index contributed by atoms with van der Waals surface area (Å²) in [5, 5.41) is 9.71. The van der Waals surface area contributed by atoms with Gasteiger partial charge in [0.25, 0.3) is 5.91 Å². The zero-order valence-corrected chi connectivity index (χ0v) is 13.2. The number of amides is 1. The minimum absolute atomic E-state index is 0. The van der Waals surface area contributed by atoms with Gasteiger partial charge in [-0.2, -0.15) is 0 Å². The van der Waals surface area contributed by atoms with Gasteiger partial charge in [0.15, 0.2) is 11.5 Å². The van der Waals surface area contributed by atoms with Gasteiger partial charge in [-0.15, -0.1) is 12.4 Å². The van der Waals surface area contributed by atoms with Gasteiger partial charge in [-0.05, 0) is 0 Å². The van der Waals surface area contributed by atoms with Crippen LogP contribution >= 0.6 is 12.4 Å². The molecule has 0 bridgehead atoms. The third kappa shape index (κ3) is 5.48. The Hall–Kier alpha value is -1.89. The van der Waals surface area contributed by atoms with Crippen LogP contribution in [0.4, 0.5) is 0 Å². The second kappa shape index (κ2) is 9.94. The SMILES string of the molecule is COCCNCCNC(=O)c1cc(-c2ccccc2)on1.Cl. The van der Waals surface area contributed by atoms with Crippen LogP contribution < -0.4 is 10.6 Å². The first-order chi connectivity index (χ1) is 10.3. The largest absolute Gasteiger partial charge is 0.383 e. The summed E-state index contributed by atoms with van der Waals surface area (Å²) in [6.07, 6.45) is 0. The monoisotopic (exact) mass is 325 g/mol. The van der Waals surface area contributed by atoms with Crippen LogP contribution in [-0.2, 0) is 4.74 Å². The number of carbonyl (C=O) groups excluding carboxylic acids is 1. The minimum atomic E-state index is -0.241. The van der Waals surface area contributed by atoms with Crippen LogP contribution in [0, 0.1) is 0 Å². The lowest BCUT2D eigenvalue weighted by molar-refractivity contribution is 0.0944. The number of halogens is 1. The lowest BCUT2D eigenvalue weighted by Gasteiger charge is -2.04. The number of carbonyl (C=O) groups is 1. The predicted octanol–water partition coefficient (Wildman–Crippen LogP) is 1.73. The predicted molar refractivity (Wildman–Crippen MR) is 86.3 cm³/mol. The Morgan fingerprint density at radius 2 is 2.00 bits per heavy atom. The molecule has 1 aromatic heterocycles. The molecular formula is C15H20ClN3O3. The molecule has 120 valence electrons. The lowest BCUT2D eigenvalue weighted by Crippen LogP contribution is -2.33. The maximum absolute atomic E-state index is 11.9. The first kappa shape index (κ1) is 18.2. The molecule has 0 spiro atoms. The first-order valence-corrected chi connectivity index (χ1v) is 6.81. The molecule has 0 atom stereocenters. The van der Waals surface area contributed by atoms with E-state index in [1.54, 1.807) is 13.2 Å². The quantitative estimate of drug-likeness (QED) is 0.723. The number of rotatable bonds is 8. The van der Waals surface area contributed by atoms with Crippen LogP contribution in [0.3, 0.4) is 0 Å². The average molecular weight is 326 g/mol. The topological polar surface area (TPSA) is 76.4 Å². The minimum Gasteiger partial charge on any atom is -0.383 e. The van der Waals surface area contributed by atoms with Gasteiger partial charge in [-0.25, -0.2) is 0 Å². The zero-order valence-electron chi connectivity index (χ0n) is 12.4. The number of hydrogen-bond donors (Lipinski definition) is 2. The molecular weight excluding hydrogens is 306 g/mol. The number of methoxy groups -OCH3 is 1. The summed E-state index contributed by atoms with van der Waals surface area (Å²) in [6, 6.07) is 11.2. The summed E-state index contributed by atoms with van der Waals surface area (Å²) in [4.78, 5) is 11.9. The van der Waals surface area contributed by atoms with Crippen molar-refractivity contribution in [3.8, 4) is 11.3 Å². The van der Waals surface area contributed by atoms with E-state index < -0.39 is 0 Å². The molecule has 0 unspecified atom stereocenters. The molecule has 0 aliphatic carbocycles. The number of ether oxygens (including phenoxy) is 1. The molecule has 2 aromatic rings. The fraction of sp³-hybridized carbons (Fsp3) is 0.333. The summed E-state index contributed by atoms with van der Waals surface area (Å²) in [5.74, 6) is 0.341. The Bertz CT molecular complexity index is 560. The number of hydrogen-bond acceptors (Lipinski definition) is 5. The highest BCUT2D eigenvalue weighted by atomic mass is 35.5. The van der Waals surface area contributed by atoms with E-state index in [0.717, 1.165) is 12.1 Å². The van der Waals surface area contributed by atoms with E-state index in [2.05, 4.69) is 15.8 Å². The van der Waals surface area contributed by atoms with Crippen LogP contribution in [0.2, 0.25) is 0 Å². The summed E-state index contributed by atoms with van der Waals surface area (Å²) in [7, 11) is 1.65. The first-order valence-electron chi connectivity index (χ1n) is 6.81. The average Bonchev–Trinajstić information content (AvgIpc) is 3.01. The van der Waals surface area contributed by atoms with E-state index in [-0.39, 0.29) is 24.0 Å². The number of aromatic nitrogens is 1. The van der Waals surface area contributed by atoms with Crippen LogP contribution in [-0.4, -0.2) is 44.4 Å². The molecule has 1 aromatic carbocycles. The Labute approximate surface area is 135 Å². The number of nitrogens with one attached hydrogen (secondary N) is 2. The van der Waals surface area contributed by atoms with Crippen molar-refractivity contribution in [3.05, 3.63) is 42.1 Å². The van der Waals surface area contributed by atoms with E-state index in [0.29, 0.717) is 25.5 Å². The molecule has 0 fully saturated rings. The number of nitrogens with zero attached hydrogens (tertiary/aromatic N) is 1. The normalized spacial score (nSPS) is 10.0. The highest BCUT2D eigenvalue weighted by Crippen LogP contribution is 2.19. The highest BCUT2D eigenvalue weighted by Gasteiger charge is 2.12.